The summed E-state index contributed by atoms with van der Waals surface area (Å²) in [7, 11) is 0. The van der Waals surface area contributed by atoms with Crippen molar-refractivity contribution in [3.63, 3.8) is 0 Å². The average molecular weight is 362 g/mol. The zero-order valence-electron chi connectivity index (χ0n) is 14.1. The summed E-state index contributed by atoms with van der Waals surface area (Å²) in [4.78, 5) is 23.6. The maximum absolute atomic E-state index is 12.3. The molecule has 0 saturated carbocycles. The van der Waals surface area contributed by atoms with Crippen LogP contribution in [0.1, 0.15) is 16.2 Å². The Kier molecular flexibility index (Phi) is 5.00. The number of hydrogen-bond acceptors (Lipinski definition) is 7. The molecule has 2 aromatic rings. The maximum atomic E-state index is 12.3. The van der Waals surface area contributed by atoms with Crippen LogP contribution in [0, 0.1) is 0 Å². The van der Waals surface area contributed by atoms with Gasteiger partial charge in [-0.2, -0.15) is 0 Å². The Bertz CT molecular complexity index is 689. The number of amides is 1. The van der Waals surface area contributed by atoms with Crippen molar-refractivity contribution in [1.82, 2.24) is 14.8 Å². The summed E-state index contributed by atoms with van der Waals surface area (Å²) in [6.07, 6.45) is 1.54. The lowest BCUT2D eigenvalue weighted by Gasteiger charge is -2.34. The Morgan fingerprint density at radius 2 is 1.96 bits per heavy atom. The molecule has 0 unspecified atom stereocenters. The minimum Gasteiger partial charge on any atom is -0.459 e. The molecule has 0 N–H and O–H groups in total. The third-order valence-electron chi connectivity index (χ3n) is 4.60. The minimum absolute atomic E-state index is 0.0307. The molecule has 134 valence electrons. The third-order valence-corrected chi connectivity index (χ3v) is 5.55. The van der Waals surface area contributed by atoms with Crippen molar-refractivity contribution in [3.8, 4) is 0 Å². The van der Waals surface area contributed by atoms with Crippen molar-refractivity contribution >= 4 is 22.4 Å². The van der Waals surface area contributed by atoms with Crippen LogP contribution in [0.5, 0.6) is 0 Å². The first-order valence-corrected chi connectivity index (χ1v) is 9.50. The van der Waals surface area contributed by atoms with Crippen molar-refractivity contribution in [2.75, 3.05) is 57.4 Å². The Hall–Kier alpha value is -1.90. The van der Waals surface area contributed by atoms with E-state index in [1.165, 1.54) is 6.26 Å². The summed E-state index contributed by atoms with van der Waals surface area (Å²) < 4.78 is 10.6. The van der Waals surface area contributed by atoms with Crippen molar-refractivity contribution in [2.24, 2.45) is 0 Å². The normalized spacial score (nSPS) is 19.4. The van der Waals surface area contributed by atoms with E-state index in [9.17, 15) is 4.79 Å². The molecule has 8 heteroatoms. The first-order chi connectivity index (χ1) is 12.3. The van der Waals surface area contributed by atoms with E-state index < -0.39 is 0 Å². The zero-order valence-corrected chi connectivity index (χ0v) is 14.9. The molecule has 0 radical (unpaired) electrons. The van der Waals surface area contributed by atoms with Gasteiger partial charge < -0.3 is 19.0 Å². The molecule has 1 amide bonds. The number of piperazine rings is 1. The second kappa shape index (κ2) is 7.55. The van der Waals surface area contributed by atoms with Crippen molar-refractivity contribution < 1.29 is 13.9 Å². The number of furan rings is 1. The average Bonchev–Trinajstić information content (AvgIpc) is 3.34. The summed E-state index contributed by atoms with van der Waals surface area (Å²) in [6, 6.07) is 3.46. The van der Waals surface area contributed by atoms with Crippen LogP contribution >= 0.6 is 11.3 Å². The highest BCUT2D eigenvalue weighted by Crippen LogP contribution is 2.23. The summed E-state index contributed by atoms with van der Waals surface area (Å²) >= 11 is 1.69. The van der Waals surface area contributed by atoms with Crippen LogP contribution in [0.25, 0.3) is 0 Å². The summed E-state index contributed by atoms with van der Waals surface area (Å²) in [5.41, 5.74) is 1.12. The first-order valence-electron chi connectivity index (χ1n) is 8.62. The van der Waals surface area contributed by atoms with Crippen LogP contribution in [0.15, 0.2) is 28.2 Å². The molecule has 4 rings (SSSR count). The molecule has 0 aliphatic carbocycles. The molecule has 0 bridgehead atoms. The number of morpholine rings is 1. The van der Waals surface area contributed by atoms with Crippen molar-refractivity contribution in [2.45, 2.75) is 6.54 Å². The number of thiazole rings is 1. The zero-order chi connectivity index (χ0) is 17.1. The Morgan fingerprint density at radius 1 is 1.16 bits per heavy atom. The van der Waals surface area contributed by atoms with Crippen LogP contribution < -0.4 is 4.90 Å². The monoisotopic (exact) mass is 362 g/mol. The summed E-state index contributed by atoms with van der Waals surface area (Å²) in [5, 5.41) is 3.19. The summed E-state index contributed by atoms with van der Waals surface area (Å²) in [5.74, 6) is 0.382. The van der Waals surface area contributed by atoms with Gasteiger partial charge in [-0.25, -0.2) is 4.98 Å². The Morgan fingerprint density at radius 3 is 2.68 bits per heavy atom. The van der Waals surface area contributed by atoms with E-state index >= 15 is 0 Å². The summed E-state index contributed by atoms with van der Waals surface area (Å²) in [6.45, 7) is 7.44. The molecule has 2 saturated heterocycles. The molecule has 2 aliphatic heterocycles. The number of carbonyl (C=O) groups is 1. The molecule has 7 nitrogen and oxygen atoms in total. The van der Waals surface area contributed by atoms with Gasteiger partial charge in [0, 0.05) is 51.2 Å². The Balaban J connectivity index is 1.31. The van der Waals surface area contributed by atoms with Crippen molar-refractivity contribution in [3.05, 3.63) is 35.2 Å². The van der Waals surface area contributed by atoms with Gasteiger partial charge in [-0.05, 0) is 12.1 Å². The number of ether oxygens (including phenoxy) is 1. The molecule has 2 fully saturated rings. The second-order valence-electron chi connectivity index (χ2n) is 6.27. The largest absolute Gasteiger partial charge is 0.459 e. The quantitative estimate of drug-likeness (QED) is 0.822. The van der Waals surface area contributed by atoms with Gasteiger partial charge >= 0.3 is 0 Å². The Labute approximate surface area is 150 Å². The number of hydrogen-bond donors (Lipinski definition) is 0. The smallest absolute Gasteiger partial charge is 0.289 e. The molecule has 0 spiro atoms. The highest BCUT2D eigenvalue weighted by molar-refractivity contribution is 7.13. The topological polar surface area (TPSA) is 62.1 Å². The van der Waals surface area contributed by atoms with Crippen molar-refractivity contribution in [1.29, 1.82) is 0 Å². The molecule has 2 aliphatic rings. The molecule has 25 heavy (non-hydrogen) atoms. The van der Waals surface area contributed by atoms with E-state index in [1.807, 2.05) is 4.90 Å². The highest BCUT2D eigenvalue weighted by atomic mass is 32.1. The predicted molar refractivity (Wildman–Crippen MR) is 95.0 cm³/mol. The highest BCUT2D eigenvalue weighted by Gasteiger charge is 2.25. The number of nitrogens with zero attached hydrogens (tertiary/aromatic N) is 4. The van der Waals surface area contributed by atoms with Gasteiger partial charge in [0.25, 0.3) is 5.91 Å². The molecule has 2 aromatic heterocycles. The lowest BCUT2D eigenvalue weighted by molar-refractivity contribution is 0.0337. The number of carbonyl (C=O) groups excluding carboxylic acids is 1. The third kappa shape index (κ3) is 3.86. The van der Waals surface area contributed by atoms with Gasteiger partial charge in [0.1, 0.15) is 0 Å². The molecule has 0 aromatic carbocycles. The van der Waals surface area contributed by atoms with Gasteiger partial charge in [0.05, 0.1) is 25.2 Å². The lowest BCUT2D eigenvalue weighted by Crippen LogP contribution is -2.48. The molecule has 4 heterocycles. The minimum atomic E-state index is -0.0307. The molecular weight excluding hydrogens is 340 g/mol. The maximum Gasteiger partial charge on any atom is 0.289 e. The fourth-order valence-electron chi connectivity index (χ4n) is 3.16. The number of aromatic nitrogens is 1. The van der Waals surface area contributed by atoms with Gasteiger partial charge in [0.15, 0.2) is 10.9 Å². The standard InChI is InChI=1S/C17H22N4O3S/c22-16(15-2-1-9-24-15)20-3-5-21(6-4-20)17-18-14(13-25-17)12-19-7-10-23-11-8-19/h1-2,9,13H,3-8,10-12H2. The lowest BCUT2D eigenvalue weighted by atomic mass is 10.3. The van der Waals surface area contributed by atoms with Crippen LogP contribution in [0.2, 0.25) is 0 Å². The van der Waals surface area contributed by atoms with E-state index in [0.717, 1.165) is 56.8 Å². The van der Waals surface area contributed by atoms with Gasteiger partial charge in [-0.1, -0.05) is 0 Å². The van der Waals surface area contributed by atoms with E-state index in [0.29, 0.717) is 18.8 Å². The van der Waals surface area contributed by atoms with Crippen LogP contribution in [-0.2, 0) is 11.3 Å². The molecule has 0 atom stereocenters. The number of anilines is 1. The van der Waals surface area contributed by atoms with E-state index in [1.54, 1.807) is 23.5 Å². The van der Waals surface area contributed by atoms with Gasteiger partial charge in [-0.3, -0.25) is 9.69 Å². The predicted octanol–water partition coefficient (Wildman–Crippen LogP) is 1.53. The van der Waals surface area contributed by atoms with E-state index in [4.69, 9.17) is 14.1 Å². The van der Waals surface area contributed by atoms with E-state index in [2.05, 4.69) is 15.2 Å². The fraction of sp³-hybridized carbons (Fsp3) is 0.529. The molecular formula is C17H22N4O3S. The van der Waals surface area contributed by atoms with Crippen LogP contribution in [-0.4, -0.2) is 73.2 Å². The first kappa shape index (κ1) is 16.6. The van der Waals surface area contributed by atoms with E-state index in [-0.39, 0.29) is 5.91 Å². The van der Waals surface area contributed by atoms with Gasteiger partial charge in [-0.15, -0.1) is 11.3 Å². The second-order valence-corrected chi connectivity index (χ2v) is 7.10. The fourth-order valence-corrected chi connectivity index (χ4v) is 4.03. The van der Waals surface area contributed by atoms with Crippen LogP contribution in [0.3, 0.4) is 0 Å². The SMILES string of the molecule is O=C(c1ccco1)N1CCN(c2nc(CN3CCOCC3)cs2)CC1. The number of rotatable bonds is 4. The van der Waals surface area contributed by atoms with Gasteiger partial charge in [0.2, 0.25) is 0 Å². The van der Waals surface area contributed by atoms with Crippen LogP contribution in [0.4, 0.5) is 5.13 Å².